The van der Waals surface area contributed by atoms with Crippen LogP contribution in [0.4, 0.5) is 0 Å². The van der Waals surface area contributed by atoms with Crippen molar-refractivity contribution in [3.8, 4) is 5.75 Å². The second-order valence-electron chi connectivity index (χ2n) is 7.03. The topological polar surface area (TPSA) is 59.4 Å². The van der Waals surface area contributed by atoms with Crippen LogP contribution in [0.15, 0.2) is 36.9 Å². The average Bonchev–Trinajstić information content (AvgIpc) is 3.06. The molecule has 0 bridgehead atoms. The van der Waals surface area contributed by atoms with Crippen LogP contribution < -0.4 is 10.1 Å². The van der Waals surface area contributed by atoms with Gasteiger partial charge < -0.3 is 14.6 Å². The molecule has 0 saturated heterocycles. The minimum atomic E-state index is 0.109. The number of aryl methyl sites for hydroxylation is 2. The molecule has 0 radical (unpaired) electrons. The van der Waals surface area contributed by atoms with Gasteiger partial charge in [-0.3, -0.25) is 9.69 Å². The maximum Gasteiger partial charge on any atom is 0.221 e. The maximum atomic E-state index is 12.1. The van der Waals surface area contributed by atoms with Gasteiger partial charge in [0.15, 0.2) is 0 Å². The molecular weight excluding hydrogens is 328 g/mol. The van der Waals surface area contributed by atoms with Gasteiger partial charge in [-0.2, -0.15) is 0 Å². The molecule has 1 amide bonds. The Hall–Kier alpha value is -2.34. The first-order valence-corrected chi connectivity index (χ1v) is 9.31. The van der Waals surface area contributed by atoms with Crippen LogP contribution in [0.25, 0.3) is 0 Å². The first-order chi connectivity index (χ1) is 12.6. The number of fused-ring (bicyclic) bond motifs is 1. The molecule has 0 unspecified atom stereocenters. The fraction of sp³-hybridized carbons (Fsp3) is 0.500. The molecule has 140 valence electrons. The number of benzene rings is 1. The van der Waals surface area contributed by atoms with Crippen LogP contribution in [0.3, 0.4) is 0 Å². The van der Waals surface area contributed by atoms with Gasteiger partial charge in [0.25, 0.3) is 0 Å². The summed E-state index contributed by atoms with van der Waals surface area (Å²) >= 11 is 0. The lowest BCUT2D eigenvalue weighted by molar-refractivity contribution is -0.121. The number of nitrogens with zero attached hydrogens (tertiary/aromatic N) is 3. The van der Waals surface area contributed by atoms with Crippen molar-refractivity contribution in [2.45, 2.75) is 45.9 Å². The summed E-state index contributed by atoms with van der Waals surface area (Å²) in [5, 5.41) is 3.01. The SMILES string of the molecule is Cc1ccc2c(c1)CN(CCC(=O)NCCCn1ccnc1)C[C@H](C)O2. The van der Waals surface area contributed by atoms with E-state index in [0.29, 0.717) is 13.0 Å². The molecule has 26 heavy (non-hydrogen) atoms. The normalized spacial score (nSPS) is 17.2. The van der Waals surface area contributed by atoms with Gasteiger partial charge in [-0.05, 0) is 26.3 Å². The van der Waals surface area contributed by atoms with E-state index in [1.807, 2.05) is 10.8 Å². The number of ether oxygens (including phenoxy) is 1. The molecule has 1 aliphatic rings. The number of aromatic nitrogens is 2. The quantitative estimate of drug-likeness (QED) is 0.774. The molecule has 1 aromatic carbocycles. The molecule has 0 spiro atoms. The van der Waals surface area contributed by atoms with E-state index in [4.69, 9.17) is 4.74 Å². The zero-order valence-corrected chi connectivity index (χ0v) is 15.6. The van der Waals surface area contributed by atoms with Crippen LogP contribution in [-0.4, -0.2) is 46.1 Å². The fourth-order valence-electron chi connectivity index (χ4n) is 3.30. The van der Waals surface area contributed by atoms with Crippen molar-refractivity contribution in [1.82, 2.24) is 19.8 Å². The number of rotatable bonds is 7. The van der Waals surface area contributed by atoms with E-state index in [1.54, 1.807) is 12.5 Å². The minimum Gasteiger partial charge on any atom is -0.489 e. The van der Waals surface area contributed by atoms with Crippen molar-refractivity contribution in [3.05, 3.63) is 48.0 Å². The average molecular weight is 356 g/mol. The number of carbonyl (C=O) groups excluding carboxylic acids is 1. The molecule has 0 aliphatic carbocycles. The summed E-state index contributed by atoms with van der Waals surface area (Å²) in [6, 6.07) is 6.31. The van der Waals surface area contributed by atoms with Crippen LogP contribution in [0.2, 0.25) is 0 Å². The van der Waals surface area contributed by atoms with Crippen molar-refractivity contribution in [3.63, 3.8) is 0 Å². The Morgan fingerprint density at radius 3 is 3.08 bits per heavy atom. The number of imidazole rings is 1. The third kappa shape index (κ3) is 5.33. The smallest absolute Gasteiger partial charge is 0.221 e. The van der Waals surface area contributed by atoms with E-state index in [0.717, 1.165) is 38.3 Å². The first kappa shape index (κ1) is 18.5. The van der Waals surface area contributed by atoms with E-state index >= 15 is 0 Å². The summed E-state index contributed by atoms with van der Waals surface area (Å²) < 4.78 is 8.03. The van der Waals surface area contributed by atoms with Crippen LogP contribution >= 0.6 is 0 Å². The van der Waals surface area contributed by atoms with Gasteiger partial charge in [0.1, 0.15) is 11.9 Å². The van der Waals surface area contributed by atoms with Crippen molar-refractivity contribution in [2.75, 3.05) is 19.6 Å². The standard InChI is InChI=1S/C20H28N4O2/c1-16-4-5-19-18(12-16)14-24(13-17(2)26-19)10-6-20(25)22-7-3-9-23-11-8-21-15-23/h4-5,8,11-12,15,17H,3,6-7,9-10,13-14H2,1-2H3,(H,22,25)/t17-/m0/s1. The monoisotopic (exact) mass is 356 g/mol. The zero-order chi connectivity index (χ0) is 18.4. The summed E-state index contributed by atoms with van der Waals surface area (Å²) in [4.78, 5) is 18.4. The minimum absolute atomic E-state index is 0.109. The fourth-order valence-corrected chi connectivity index (χ4v) is 3.30. The van der Waals surface area contributed by atoms with Gasteiger partial charge in [0.05, 0.1) is 6.33 Å². The van der Waals surface area contributed by atoms with Crippen LogP contribution in [0, 0.1) is 6.92 Å². The first-order valence-electron chi connectivity index (χ1n) is 9.31. The molecule has 3 rings (SSSR count). The van der Waals surface area contributed by atoms with E-state index in [-0.39, 0.29) is 12.0 Å². The Bertz CT molecular complexity index is 715. The van der Waals surface area contributed by atoms with Crippen molar-refractivity contribution < 1.29 is 9.53 Å². The van der Waals surface area contributed by atoms with Gasteiger partial charge in [0.2, 0.25) is 5.91 Å². The Morgan fingerprint density at radius 1 is 1.38 bits per heavy atom. The Morgan fingerprint density at radius 2 is 2.27 bits per heavy atom. The van der Waals surface area contributed by atoms with Crippen molar-refractivity contribution in [2.24, 2.45) is 0 Å². The molecule has 6 heteroatoms. The van der Waals surface area contributed by atoms with Crippen LogP contribution in [0.5, 0.6) is 5.75 Å². The van der Waals surface area contributed by atoms with Gasteiger partial charge in [0, 0.05) is 57.1 Å². The predicted octanol–water partition coefficient (Wildman–Crippen LogP) is 2.37. The number of carbonyl (C=O) groups is 1. The lowest BCUT2D eigenvalue weighted by Gasteiger charge is -2.21. The second kappa shape index (κ2) is 8.85. The lowest BCUT2D eigenvalue weighted by atomic mass is 10.1. The molecular formula is C20H28N4O2. The van der Waals surface area contributed by atoms with E-state index in [2.05, 4.69) is 47.2 Å². The van der Waals surface area contributed by atoms with Crippen LogP contribution in [0.1, 0.15) is 30.9 Å². The molecule has 1 atom stereocenters. The Balaban J connectivity index is 1.42. The van der Waals surface area contributed by atoms with Gasteiger partial charge >= 0.3 is 0 Å². The van der Waals surface area contributed by atoms with Crippen molar-refractivity contribution in [1.29, 1.82) is 0 Å². The Kier molecular flexibility index (Phi) is 6.28. The molecule has 0 fully saturated rings. The molecule has 6 nitrogen and oxygen atoms in total. The summed E-state index contributed by atoms with van der Waals surface area (Å²) in [7, 11) is 0. The highest BCUT2D eigenvalue weighted by Crippen LogP contribution is 2.26. The number of amides is 1. The van der Waals surface area contributed by atoms with Gasteiger partial charge in [-0.1, -0.05) is 17.7 Å². The second-order valence-corrected chi connectivity index (χ2v) is 7.03. The zero-order valence-electron chi connectivity index (χ0n) is 15.6. The number of hydrogen-bond donors (Lipinski definition) is 1. The highest BCUT2D eigenvalue weighted by molar-refractivity contribution is 5.76. The molecule has 1 aliphatic heterocycles. The van der Waals surface area contributed by atoms with Crippen LogP contribution in [-0.2, 0) is 17.9 Å². The largest absolute Gasteiger partial charge is 0.489 e. The van der Waals surface area contributed by atoms with E-state index < -0.39 is 0 Å². The number of hydrogen-bond acceptors (Lipinski definition) is 4. The molecule has 1 aromatic heterocycles. The highest BCUT2D eigenvalue weighted by Gasteiger charge is 2.20. The van der Waals surface area contributed by atoms with Crippen molar-refractivity contribution >= 4 is 5.91 Å². The molecule has 2 aromatic rings. The molecule has 2 heterocycles. The summed E-state index contributed by atoms with van der Waals surface area (Å²) in [5.74, 6) is 1.08. The third-order valence-electron chi connectivity index (χ3n) is 4.58. The molecule has 0 saturated carbocycles. The maximum absolute atomic E-state index is 12.1. The summed E-state index contributed by atoms with van der Waals surface area (Å²) in [6.07, 6.45) is 7.04. The third-order valence-corrected chi connectivity index (χ3v) is 4.58. The lowest BCUT2D eigenvalue weighted by Crippen LogP contribution is -2.35. The number of nitrogens with one attached hydrogen (secondary N) is 1. The summed E-state index contributed by atoms with van der Waals surface area (Å²) in [5.41, 5.74) is 2.44. The molecule has 1 N–H and O–H groups in total. The predicted molar refractivity (Wildman–Crippen MR) is 101 cm³/mol. The highest BCUT2D eigenvalue weighted by atomic mass is 16.5. The summed E-state index contributed by atoms with van der Waals surface area (Å²) in [6.45, 7) is 8.15. The Labute approximate surface area is 155 Å². The van der Waals surface area contributed by atoms with E-state index in [9.17, 15) is 4.79 Å². The van der Waals surface area contributed by atoms with E-state index in [1.165, 1.54) is 11.1 Å². The van der Waals surface area contributed by atoms with Gasteiger partial charge in [-0.15, -0.1) is 0 Å². The van der Waals surface area contributed by atoms with Gasteiger partial charge in [-0.25, -0.2) is 4.98 Å².